The molecule has 0 spiro atoms. The lowest BCUT2D eigenvalue weighted by Gasteiger charge is -2.20. The molecule has 5 heteroatoms. The molecule has 146 valence electrons. The first-order valence-electron chi connectivity index (χ1n) is 9.81. The first-order chi connectivity index (χ1) is 13.5. The summed E-state index contributed by atoms with van der Waals surface area (Å²) in [7, 11) is 0. The number of rotatable bonds is 8. The van der Waals surface area contributed by atoms with Gasteiger partial charge in [0.15, 0.2) is 0 Å². The van der Waals surface area contributed by atoms with E-state index < -0.39 is 5.63 Å². The van der Waals surface area contributed by atoms with Crippen LogP contribution in [0, 0.1) is 5.41 Å². The molecule has 1 saturated carbocycles. The Bertz CT molecular complexity index is 941. The summed E-state index contributed by atoms with van der Waals surface area (Å²) in [6.45, 7) is 5.17. The fraction of sp³-hybridized carbons (Fsp3) is 0.391. The van der Waals surface area contributed by atoms with Crippen LogP contribution < -0.4 is 10.9 Å². The molecule has 1 aromatic heterocycles. The minimum atomic E-state index is -0.399. The second kappa shape index (κ2) is 7.76. The minimum absolute atomic E-state index is 0.225. The van der Waals surface area contributed by atoms with E-state index in [2.05, 4.69) is 24.0 Å². The molecule has 1 fully saturated rings. The van der Waals surface area contributed by atoms with Crippen LogP contribution in [0.1, 0.15) is 52.9 Å². The van der Waals surface area contributed by atoms with Gasteiger partial charge in [0.2, 0.25) is 0 Å². The van der Waals surface area contributed by atoms with Crippen LogP contribution >= 0.6 is 0 Å². The van der Waals surface area contributed by atoms with Crippen molar-refractivity contribution in [1.29, 1.82) is 0 Å². The van der Waals surface area contributed by atoms with Crippen molar-refractivity contribution < 1.29 is 13.9 Å². The maximum absolute atomic E-state index is 12.3. The molecule has 2 aliphatic rings. The number of ether oxygens (including phenoxy) is 1. The average Bonchev–Trinajstić information content (AvgIpc) is 3.41. The third kappa shape index (κ3) is 4.25. The van der Waals surface area contributed by atoms with Gasteiger partial charge >= 0.3 is 5.63 Å². The predicted molar refractivity (Wildman–Crippen MR) is 106 cm³/mol. The molecule has 0 saturated heterocycles. The number of hydrogen-bond acceptors (Lipinski definition) is 4. The number of carbonyl (C=O) groups is 1. The predicted octanol–water partition coefficient (Wildman–Crippen LogP) is 3.76. The largest absolute Gasteiger partial charge is 0.427 e. The van der Waals surface area contributed by atoms with Crippen molar-refractivity contribution in [2.75, 3.05) is 6.61 Å². The third-order valence-corrected chi connectivity index (χ3v) is 5.64. The van der Waals surface area contributed by atoms with E-state index in [4.69, 9.17) is 9.15 Å². The number of hydrogen-bond donors (Lipinski definition) is 1. The summed E-state index contributed by atoms with van der Waals surface area (Å²) in [5, 5.41) is 2.74. The van der Waals surface area contributed by atoms with Crippen LogP contribution in [0.25, 0.3) is 0 Å². The van der Waals surface area contributed by atoms with Gasteiger partial charge in [0.1, 0.15) is 5.76 Å². The molecule has 0 bridgehead atoms. The normalized spacial score (nSPS) is 17.1. The third-order valence-electron chi connectivity index (χ3n) is 5.64. The maximum Gasteiger partial charge on any atom is 0.336 e. The van der Waals surface area contributed by atoms with Gasteiger partial charge < -0.3 is 14.5 Å². The topological polar surface area (TPSA) is 68.5 Å². The zero-order valence-corrected chi connectivity index (χ0v) is 16.0. The molecule has 2 aromatic rings. The quantitative estimate of drug-likeness (QED) is 0.758. The van der Waals surface area contributed by atoms with Crippen molar-refractivity contribution in [2.45, 2.75) is 45.1 Å². The maximum atomic E-state index is 12.3. The molecule has 2 heterocycles. The lowest BCUT2D eigenvalue weighted by Crippen LogP contribution is -2.32. The van der Waals surface area contributed by atoms with Crippen molar-refractivity contribution in [1.82, 2.24) is 5.32 Å². The Morgan fingerprint density at radius 3 is 2.71 bits per heavy atom. The first-order valence-corrected chi connectivity index (χ1v) is 9.81. The molecule has 0 unspecified atom stereocenters. The molecule has 1 amide bonds. The summed E-state index contributed by atoms with van der Waals surface area (Å²) in [5.74, 6) is 0.209. The first kappa shape index (κ1) is 18.7. The number of aryl methyl sites for hydroxylation is 1. The molecule has 1 aliphatic heterocycles. The van der Waals surface area contributed by atoms with E-state index in [0.717, 1.165) is 25.0 Å². The molecule has 28 heavy (non-hydrogen) atoms. The van der Waals surface area contributed by atoms with Gasteiger partial charge in [-0.1, -0.05) is 36.9 Å². The molecule has 5 nitrogen and oxygen atoms in total. The number of carbonyl (C=O) groups excluding carboxylic acids is 1. The van der Waals surface area contributed by atoms with Gasteiger partial charge in [-0.15, -0.1) is 0 Å². The fourth-order valence-corrected chi connectivity index (χ4v) is 3.91. The molecular weight excluding hydrogens is 354 g/mol. The van der Waals surface area contributed by atoms with E-state index in [0.29, 0.717) is 36.5 Å². The number of nitrogens with one attached hydrogen (secondary N) is 1. The van der Waals surface area contributed by atoms with Gasteiger partial charge in [0.25, 0.3) is 5.91 Å². The van der Waals surface area contributed by atoms with Crippen LogP contribution in [0.4, 0.5) is 0 Å². The van der Waals surface area contributed by atoms with Gasteiger partial charge in [-0.2, -0.15) is 0 Å². The van der Waals surface area contributed by atoms with E-state index in [1.54, 1.807) is 0 Å². The Hall–Kier alpha value is -2.66. The zero-order chi connectivity index (χ0) is 19.6. The van der Waals surface area contributed by atoms with E-state index in [9.17, 15) is 9.59 Å². The summed E-state index contributed by atoms with van der Waals surface area (Å²) < 4.78 is 11.2. The SMILES string of the molecule is C=C1Cc2oc(=O)cc(CCCC3(COCc4ccccc4)CC3)c2C(=O)N1. The van der Waals surface area contributed by atoms with E-state index in [1.807, 2.05) is 18.2 Å². The Kier molecular flexibility index (Phi) is 5.18. The Labute approximate surface area is 164 Å². The molecule has 1 aliphatic carbocycles. The van der Waals surface area contributed by atoms with Crippen LogP contribution in [0.5, 0.6) is 0 Å². The zero-order valence-electron chi connectivity index (χ0n) is 16.0. The number of allylic oxidation sites excluding steroid dienone is 1. The van der Waals surface area contributed by atoms with Gasteiger partial charge in [-0.3, -0.25) is 4.79 Å². The van der Waals surface area contributed by atoms with Crippen molar-refractivity contribution >= 4 is 5.91 Å². The smallest absolute Gasteiger partial charge is 0.336 e. The number of fused-ring (bicyclic) bond motifs is 1. The molecule has 1 aromatic carbocycles. The standard InChI is InChI=1S/C23H25NO4/c1-16-12-19-21(22(26)24-16)18(13-20(25)28-19)8-5-9-23(10-11-23)15-27-14-17-6-3-2-4-7-17/h2-4,6-7,13H,1,5,8-12,14-15H2,(H,24,26). The fourth-order valence-electron chi connectivity index (χ4n) is 3.91. The highest BCUT2D eigenvalue weighted by Crippen LogP contribution is 2.50. The summed E-state index contributed by atoms with van der Waals surface area (Å²) in [6.07, 6.45) is 5.37. The number of benzene rings is 1. The van der Waals surface area contributed by atoms with Gasteiger partial charge in [-0.25, -0.2) is 4.79 Å². The van der Waals surface area contributed by atoms with Crippen LogP contribution in [0.15, 0.2) is 57.9 Å². The molecule has 0 radical (unpaired) electrons. The van der Waals surface area contributed by atoms with E-state index in [1.165, 1.54) is 24.5 Å². The molecule has 0 atom stereocenters. The van der Waals surface area contributed by atoms with E-state index >= 15 is 0 Å². The second-order valence-electron chi connectivity index (χ2n) is 7.96. The van der Waals surface area contributed by atoms with Crippen molar-refractivity contribution in [2.24, 2.45) is 5.41 Å². The summed E-state index contributed by atoms with van der Waals surface area (Å²) in [6, 6.07) is 11.7. The van der Waals surface area contributed by atoms with Gasteiger partial charge in [-0.05, 0) is 48.6 Å². The molecule has 4 rings (SSSR count). The Morgan fingerprint density at radius 1 is 1.18 bits per heavy atom. The molecular formula is C23H25NO4. The number of amides is 1. The Balaban J connectivity index is 1.33. The summed E-state index contributed by atoms with van der Waals surface area (Å²) in [5.41, 5.74) is 2.89. The minimum Gasteiger partial charge on any atom is -0.427 e. The summed E-state index contributed by atoms with van der Waals surface area (Å²) >= 11 is 0. The van der Waals surface area contributed by atoms with Crippen LogP contribution in [0.2, 0.25) is 0 Å². The highest BCUT2D eigenvalue weighted by Gasteiger charge is 2.42. The summed E-state index contributed by atoms with van der Waals surface area (Å²) in [4.78, 5) is 24.2. The van der Waals surface area contributed by atoms with Gasteiger partial charge in [0, 0.05) is 18.2 Å². The van der Waals surface area contributed by atoms with Crippen LogP contribution in [-0.2, 0) is 24.2 Å². The second-order valence-corrected chi connectivity index (χ2v) is 7.96. The molecule has 1 N–H and O–H groups in total. The van der Waals surface area contributed by atoms with Gasteiger partial charge in [0.05, 0.1) is 18.8 Å². The van der Waals surface area contributed by atoms with E-state index in [-0.39, 0.29) is 11.3 Å². The van der Waals surface area contributed by atoms with Crippen LogP contribution in [0.3, 0.4) is 0 Å². The van der Waals surface area contributed by atoms with Crippen LogP contribution in [-0.4, -0.2) is 12.5 Å². The monoisotopic (exact) mass is 379 g/mol. The lowest BCUT2D eigenvalue weighted by molar-refractivity contribution is 0.0740. The average molecular weight is 379 g/mol. The van der Waals surface area contributed by atoms with Crippen molar-refractivity contribution in [3.63, 3.8) is 0 Å². The lowest BCUT2D eigenvalue weighted by atomic mass is 9.94. The highest BCUT2D eigenvalue weighted by molar-refractivity contribution is 5.98. The van der Waals surface area contributed by atoms with Crippen molar-refractivity contribution in [3.8, 4) is 0 Å². The van der Waals surface area contributed by atoms with Crippen molar-refractivity contribution in [3.05, 3.63) is 81.5 Å². The highest BCUT2D eigenvalue weighted by atomic mass is 16.5. The Morgan fingerprint density at radius 2 is 1.96 bits per heavy atom.